The molecule has 0 spiro atoms. The number of aromatic nitrogens is 2. The van der Waals surface area contributed by atoms with E-state index >= 15 is 0 Å². The van der Waals surface area contributed by atoms with Crippen LogP contribution in [0.1, 0.15) is 27.8 Å². The van der Waals surface area contributed by atoms with E-state index in [4.69, 9.17) is 10.5 Å². The minimum absolute atomic E-state index is 0.171. The molecule has 2 N–H and O–H groups in total. The highest BCUT2D eigenvalue weighted by molar-refractivity contribution is 5.94. The first-order valence-corrected chi connectivity index (χ1v) is 7.77. The van der Waals surface area contributed by atoms with Crippen LogP contribution in [0.25, 0.3) is 0 Å². The highest BCUT2D eigenvalue weighted by atomic mass is 16.5. The predicted octanol–water partition coefficient (Wildman–Crippen LogP) is 0.885. The Morgan fingerprint density at radius 3 is 2.88 bits per heavy atom. The molecule has 1 amide bonds. The molecule has 3 rings (SSSR count). The summed E-state index contributed by atoms with van der Waals surface area (Å²) in [7, 11) is 1.66. The summed E-state index contributed by atoms with van der Waals surface area (Å²) in [6, 6.07) is 8.68. The van der Waals surface area contributed by atoms with E-state index in [1.54, 1.807) is 36.2 Å². The fourth-order valence-electron chi connectivity index (χ4n) is 2.72. The van der Waals surface area contributed by atoms with Gasteiger partial charge in [-0.2, -0.15) is 0 Å². The normalized spacial score (nSPS) is 17.8. The number of amides is 1. The first-order chi connectivity index (χ1) is 11.5. The number of nitrogen functional groups attached to an aromatic ring is 1. The topological polar surface area (TPSA) is 90.5 Å². The molecule has 1 aliphatic rings. The highest BCUT2D eigenvalue weighted by Crippen LogP contribution is 2.22. The van der Waals surface area contributed by atoms with Crippen LogP contribution in [-0.4, -0.2) is 40.1 Å². The predicted molar refractivity (Wildman–Crippen MR) is 89.7 cm³/mol. The number of hydrogen-bond acceptors (Lipinski definition) is 5. The first-order valence-electron chi connectivity index (χ1n) is 7.77. The molecule has 1 aliphatic heterocycles. The molecule has 0 aromatic carbocycles. The lowest BCUT2D eigenvalue weighted by molar-refractivity contribution is -0.0247. The molecule has 7 heteroatoms. The monoisotopic (exact) mass is 328 g/mol. The zero-order valence-electron chi connectivity index (χ0n) is 13.7. The van der Waals surface area contributed by atoms with Crippen molar-refractivity contribution in [3.8, 4) is 0 Å². The van der Waals surface area contributed by atoms with Gasteiger partial charge in [0, 0.05) is 19.3 Å². The first kappa shape index (κ1) is 16.2. The smallest absolute Gasteiger partial charge is 0.263 e. The van der Waals surface area contributed by atoms with Gasteiger partial charge in [0.15, 0.2) is 0 Å². The molecule has 0 aliphatic carbocycles. The van der Waals surface area contributed by atoms with E-state index in [0.29, 0.717) is 31.2 Å². The Labute approximate surface area is 139 Å². The molecular weight excluding hydrogens is 308 g/mol. The summed E-state index contributed by atoms with van der Waals surface area (Å²) in [5.41, 5.74) is 7.08. The van der Waals surface area contributed by atoms with Crippen molar-refractivity contribution in [1.82, 2.24) is 14.5 Å². The molecule has 1 saturated heterocycles. The summed E-state index contributed by atoms with van der Waals surface area (Å²) >= 11 is 0. The van der Waals surface area contributed by atoms with Gasteiger partial charge in [0.25, 0.3) is 11.5 Å². The molecule has 2 aromatic heterocycles. The van der Waals surface area contributed by atoms with Crippen LogP contribution >= 0.6 is 0 Å². The van der Waals surface area contributed by atoms with E-state index in [1.165, 1.54) is 4.57 Å². The number of ether oxygens (including phenoxy) is 1. The van der Waals surface area contributed by atoms with Gasteiger partial charge < -0.3 is 19.9 Å². The minimum atomic E-state index is -0.347. The number of anilines is 1. The SMILES string of the molecule is Cc1ccc(C(=O)N2CCO[C@@H](c3cccc(N)n3)C2)c(=O)n1C. The Kier molecular flexibility index (Phi) is 4.35. The summed E-state index contributed by atoms with van der Waals surface area (Å²) in [5, 5.41) is 0. The molecule has 0 saturated carbocycles. The molecule has 126 valence electrons. The fraction of sp³-hybridized carbons (Fsp3) is 0.353. The Hall–Kier alpha value is -2.67. The summed E-state index contributed by atoms with van der Waals surface area (Å²) in [4.78, 5) is 31.0. The van der Waals surface area contributed by atoms with Crippen molar-refractivity contribution < 1.29 is 9.53 Å². The average Bonchev–Trinajstić information content (AvgIpc) is 2.59. The lowest BCUT2D eigenvalue weighted by Crippen LogP contribution is -2.44. The van der Waals surface area contributed by atoms with Crippen LogP contribution in [0.4, 0.5) is 5.82 Å². The number of carbonyl (C=O) groups is 1. The summed E-state index contributed by atoms with van der Waals surface area (Å²) < 4.78 is 7.19. The van der Waals surface area contributed by atoms with Crippen LogP contribution in [0.15, 0.2) is 35.1 Å². The van der Waals surface area contributed by atoms with E-state index in [9.17, 15) is 9.59 Å². The summed E-state index contributed by atoms with van der Waals surface area (Å²) in [5.74, 6) is 0.125. The molecular formula is C17H20N4O3. The van der Waals surface area contributed by atoms with Gasteiger partial charge in [-0.25, -0.2) is 4.98 Å². The van der Waals surface area contributed by atoms with Crippen molar-refractivity contribution in [3.63, 3.8) is 0 Å². The van der Waals surface area contributed by atoms with Crippen LogP contribution in [0.5, 0.6) is 0 Å². The van der Waals surface area contributed by atoms with E-state index in [-0.39, 0.29) is 23.1 Å². The lowest BCUT2D eigenvalue weighted by Gasteiger charge is -2.32. The van der Waals surface area contributed by atoms with Crippen LogP contribution in [-0.2, 0) is 11.8 Å². The number of carbonyl (C=O) groups excluding carboxylic acids is 1. The van der Waals surface area contributed by atoms with Crippen molar-refractivity contribution in [3.05, 3.63) is 57.6 Å². The van der Waals surface area contributed by atoms with Gasteiger partial charge in [-0.3, -0.25) is 9.59 Å². The number of pyridine rings is 2. The van der Waals surface area contributed by atoms with Crippen molar-refractivity contribution in [2.45, 2.75) is 13.0 Å². The number of nitrogens with zero attached hydrogens (tertiary/aromatic N) is 3. The Morgan fingerprint density at radius 2 is 2.12 bits per heavy atom. The second-order valence-electron chi connectivity index (χ2n) is 5.85. The van der Waals surface area contributed by atoms with E-state index in [0.717, 1.165) is 5.69 Å². The van der Waals surface area contributed by atoms with E-state index < -0.39 is 0 Å². The van der Waals surface area contributed by atoms with Gasteiger partial charge in [0.2, 0.25) is 0 Å². The van der Waals surface area contributed by atoms with Gasteiger partial charge >= 0.3 is 0 Å². The van der Waals surface area contributed by atoms with Crippen molar-refractivity contribution in [2.75, 3.05) is 25.4 Å². The molecule has 1 fully saturated rings. The molecule has 0 unspecified atom stereocenters. The Balaban J connectivity index is 1.83. The van der Waals surface area contributed by atoms with Crippen LogP contribution in [0.3, 0.4) is 0 Å². The van der Waals surface area contributed by atoms with E-state index in [1.807, 2.05) is 13.0 Å². The van der Waals surface area contributed by atoms with Crippen molar-refractivity contribution in [2.24, 2.45) is 7.05 Å². The zero-order valence-corrected chi connectivity index (χ0v) is 13.7. The van der Waals surface area contributed by atoms with Gasteiger partial charge in [0.05, 0.1) is 18.8 Å². The molecule has 0 radical (unpaired) electrons. The molecule has 7 nitrogen and oxygen atoms in total. The summed E-state index contributed by atoms with van der Waals surface area (Å²) in [6.07, 6.45) is -0.347. The molecule has 0 bridgehead atoms. The number of hydrogen-bond donors (Lipinski definition) is 1. The molecule has 3 heterocycles. The second-order valence-corrected chi connectivity index (χ2v) is 5.85. The Bertz CT molecular complexity index is 831. The van der Waals surface area contributed by atoms with Crippen LogP contribution < -0.4 is 11.3 Å². The number of aryl methyl sites for hydroxylation is 1. The highest BCUT2D eigenvalue weighted by Gasteiger charge is 2.28. The summed E-state index contributed by atoms with van der Waals surface area (Å²) in [6.45, 7) is 2.99. The lowest BCUT2D eigenvalue weighted by atomic mass is 10.1. The van der Waals surface area contributed by atoms with E-state index in [2.05, 4.69) is 4.98 Å². The van der Waals surface area contributed by atoms with Gasteiger partial charge in [-0.1, -0.05) is 6.07 Å². The van der Waals surface area contributed by atoms with Crippen molar-refractivity contribution >= 4 is 11.7 Å². The third kappa shape index (κ3) is 3.03. The maximum atomic E-state index is 12.7. The fourth-order valence-corrected chi connectivity index (χ4v) is 2.72. The Morgan fingerprint density at radius 1 is 1.33 bits per heavy atom. The van der Waals surface area contributed by atoms with Crippen LogP contribution in [0, 0.1) is 6.92 Å². The molecule has 24 heavy (non-hydrogen) atoms. The van der Waals surface area contributed by atoms with Crippen molar-refractivity contribution in [1.29, 1.82) is 0 Å². The quantitative estimate of drug-likeness (QED) is 0.884. The second kappa shape index (κ2) is 6.45. The molecule has 2 aromatic rings. The maximum Gasteiger partial charge on any atom is 0.263 e. The number of morpholine rings is 1. The third-order valence-electron chi connectivity index (χ3n) is 4.26. The third-order valence-corrected chi connectivity index (χ3v) is 4.26. The molecule has 1 atom stereocenters. The standard InChI is InChI=1S/C17H20N4O3/c1-11-6-7-12(16(22)20(11)2)17(23)21-8-9-24-14(10-21)13-4-3-5-15(18)19-13/h3-7,14H,8-10H2,1-2H3,(H2,18,19)/t14-/m1/s1. The van der Waals surface area contributed by atoms with Crippen LogP contribution in [0.2, 0.25) is 0 Å². The zero-order chi connectivity index (χ0) is 17.3. The van der Waals surface area contributed by atoms with Gasteiger partial charge in [-0.15, -0.1) is 0 Å². The number of nitrogens with two attached hydrogens (primary N) is 1. The average molecular weight is 328 g/mol. The van der Waals surface area contributed by atoms with Gasteiger partial charge in [0.1, 0.15) is 17.5 Å². The maximum absolute atomic E-state index is 12.7. The largest absolute Gasteiger partial charge is 0.384 e. The van der Waals surface area contributed by atoms with Gasteiger partial charge in [-0.05, 0) is 31.2 Å². The number of rotatable bonds is 2. The minimum Gasteiger partial charge on any atom is -0.384 e.